The molecule has 0 aliphatic carbocycles. The molecule has 3 heterocycles. The van der Waals surface area contributed by atoms with Crippen molar-refractivity contribution >= 4 is 6.03 Å². The second-order valence-electron chi connectivity index (χ2n) is 6.16. The Hall–Kier alpha value is -1.63. The van der Waals surface area contributed by atoms with Crippen LogP contribution in [0.4, 0.5) is 4.79 Å². The van der Waals surface area contributed by atoms with Crippen LogP contribution in [-0.4, -0.2) is 50.0 Å². The van der Waals surface area contributed by atoms with Gasteiger partial charge in [0.1, 0.15) is 5.82 Å². The van der Waals surface area contributed by atoms with Crippen molar-refractivity contribution in [1.82, 2.24) is 25.0 Å². The zero-order chi connectivity index (χ0) is 15.4. The standard InChI is InChI=1S/C15H25N5O2/c21-10-7-12-5-1-3-8-19(12)15(22)16-11-14-18-17-13-6-2-4-9-20(13)14/h12,21H,1-11H2,(H,16,22). The molecule has 1 saturated heterocycles. The highest BCUT2D eigenvalue weighted by atomic mass is 16.3. The minimum Gasteiger partial charge on any atom is -0.396 e. The van der Waals surface area contributed by atoms with Gasteiger partial charge in [0.2, 0.25) is 0 Å². The van der Waals surface area contributed by atoms with Crippen LogP contribution in [0.2, 0.25) is 0 Å². The lowest BCUT2D eigenvalue weighted by atomic mass is 10.0. The summed E-state index contributed by atoms with van der Waals surface area (Å²) < 4.78 is 2.13. The number of urea groups is 1. The molecule has 1 aromatic rings. The Bertz CT molecular complexity index is 514. The molecule has 22 heavy (non-hydrogen) atoms. The van der Waals surface area contributed by atoms with Gasteiger partial charge >= 0.3 is 6.03 Å². The molecule has 2 N–H and O–H groups in total. The van der Waals surface area contributed by atoms with Crippen LogP contribution < -0.4 is 5.32 Å². The Kier molecular flexibility index (Phi) is 4.92. The summed E-state index contributed by atoms with van der Waals surface area (Å²) in [6, 6.07) is 0.109. The molecule has 0 radical (unpaired) electrons. The number of likely N-dealkylation sites (tertiary alicyclic amines) is 1. The van der Waals surface area contributed by atoms with E-state index in [9.17, 15) is 4.79 Å². The Morgan fingerprint density at radius 3 is 2.95 bits per heavy atom. The topological polar surface area (TPSA) is 83.3 Å². The predicted molar refractivity (Wildman–Crippen MR) is 81.2 cm³/mol. The van der Waals surface area contributed by atoms with Crippen LogP contribution in [0.25, 0.3) is 0 Å². The molecule has 2 amide bonds. The van der Waals surface area contributed by atoms with Gasteiger partial charge in [0.25, 0.3) is 0 Å². The number of nitrogens with one attached hydrogen (secondary N) is 1. The van der Waals surface area contributed by atoms with Gasteiger partial charge in [0, 0.05) is 32.2 Å². The fourth-order valence-corrected chi connectivity index (χ4v) is 3.47. The number of aryl methyl sites for hydroxylation is 1. The molecule has 1 unspecified atom stereocenters. The molecule has 0 aromatic carbocycles. The van der Waals surface area contributed by atoms with Crippen molar-refractivity contribution in [2.24, 2.45) is 0 Å². The van der Waals surface area contributed by atoms with Crippen molar-refractivity contribution < 1.29 is 9.90 Å². The Morgan fingerprint density at radius 2 is 2.09 bits per heavy atom. The van der Waals surface area contributed by atoms with Crippen LogP contribution in [-0.2, 0) is 19.5 Å². The number of aromatic nitrogens is 3. The summed E-state index contributed by atoms with van der Waals surface area (Å²) in [6.07, 6.45) is 7.10. The largest absolute Gasteiger partial charge is 0.396 e. The number of piperidine rings is 1. The number of aliphatic hydroxyl groups is 1. The molecule has 7 heteroatoms. The van der Waals surface area contributed by atoms with Crippen LogP contribution in [0.15, 0.2) is 0 Å². The molecule has 1 atom stereocenters. The number of aliphatic hydroxyl groups excluding tert-OH is 1. The van der Waals surface area contributed by atoms with Gasteiger partial charge < -0.3 is 19.9 Å². The first-order valence-corrected chi connectivity index (χ1v) is 8.36. The van der Waals surface area contributed by atoms with E-state index in [0.717, 1.165) is 56.8 Å². The molecular formula is C15H25N5O2. The number of carbonyl (C=O) groups is 1. The highest BCUT2D eigenvalue weighted by Gasteiger charge is 2.26. The van der Waals surface area contributed by atoms with Gasteiger partial charge in [-0.3, -0.25) is 0 Å². The molecule has 0 saturated carbocycles. The molecule has 0 bridgehead atoms. The van der Waals surface area contributed by atoms with Crippen LogP contribution in [0.3, 0.4) is 0 Å². The van der Waals surface area contributed by atoms with E-state index in [1.54, 1.807) is 0 Å². The first-order valence-electron chi connectivity index (χ1n) is 8.36. The second-order valence-corrected chi connectivity index (χ2v) is 6.16. The third kappa shape index (κ3) is 3.24. The first kappa shape index (κ1) is 15.3. The maximum Gasteiger partial charge on any atom is 0.318 e. The SMILES string of the molecule is O=C(NCc1nnc2n1CCCC2)N1CCCCC1CCO. The molecule has 7 nitrogen and oxygen atoms in total. The van der Waals surface area contributed by atoms with Crippen molar-refractivity contribution in [3.05, 3.63) is 11.6 Å². The summed E-state index contributed by atoms with van der Waals surface area (Å²) in [4.78, 5) is 14.3. The Balaban J connectivity index is 1.58. The van der Waals surface area contributed by atoms with E-state index in [-0.39, 0.29) is 18.7 Å². The van der Waals surface area contributed by atoms with E-state index in [1.807, 2.05) is 4.90 Å². The van der Waals surface area contributed by atoms with Gasteiger partial charge in [-0.2, -0.15) is 0 Å². The molecule has 1 aromatic heterocycles. The second kappa shape index (κ2) is 7.09. The fraction of sp³-hybridized carbons (Fsp3) is 0.800. The van der Waals surface area contributed by atoms with Crippen molar-refractivity contribution in [3.63, 3.8) is 0 Å². The third-order valence-electron chi connectivity index (χ3n) is 4.68. The fourth-order valence-electron chi connectivity index (χ4n) is 3.47. The van der Waals surface area contributed by atoms with Crippen LogP contribution in [0, 0.1) is 0 Å². The zero-order valence-electron chi connectivity index (χ0n) is 13.0. The number of hydrogen-bond acceptors (Lipinski definition) is 4. The Morgan fingerprint density at radius 1 is 1.23 bits per heavy atom. The predicted octanol–water partition coefficient (Wildman–Crippen LogP) is 1.06. The molecule has 2 aliphatic heterocycles. The van der Waals surface area contributed by atoms with E-state index >= 15 is 0 Å². The summed E-state index contributed by atoms with van der Waals surface area (Å²) >= 11 is 0. The number of amides is 2. The van der Waals surface area contributed by atoms with Gasteiger partial charge in [-0.1, -0.05) is 0 Å². The molecule has 122 valence electrons. The quantitative estimate of drug-likeness (QED) is 0.871. The van der Waals surface area contributed by atoms with Gasteiger partial charge in [0.05, 0.1) is 6.54 Å². The monoisotopic (exact) mass is 307 g/mol. The normalized spacial score (nSPS) is 21.5. The molecule has 3 rings (SSSR count). The zero-order valence-corrected chi connectivity index (χ0v) is 13.0. The highest BCUT2D eigenvalue weighted by molar-refractivity contribution is 5.74. The van der Waals surface area contributed by atoms with Crippen molar-refractivity contribution in [2.45, 2.75) is 64.1 Å². The Labute approximate surface area is 130 Å². The van der Waals surface area contributed by atoms with Crippen molar-refractivity contribution in [2.75, 3.05) is 13.2 Å². The summed E-state index contributed by atoms with van der Waals surface area (Å²) in [5.74, 6) is 1.88. The van der Waals surface area contributed by atoms with E-state index < -0.39 is 0 Å². The summed E-state index contributed by atoms with van der Waals surface area (Å²) in [5, 5.41) is 20.5. The van der Waals surface area contributed by atoms with E-state index in [1.165, 1.54) is 6.42 Å². The molecule has 1 fully saturated rings. The van der Waals surface area contributed by atoms with Gasteiger partial charge in [0.15, 0.2) is 5.82 Å². The van der Waals surface area contributed by atoms with E-state index in [2.05, 4.69) is 20.1 Å². The number of fused-ring (bicyclic) bond motifs is 1. The lowest BCUT2D eigenvalue weighted by molar-refractivity contribution is 0.131. The maximum atomic E-state index is 12.4. The summed E-state index contributed by atoms with van der Waals surface area (Å²) in [7, 11) is 0. The highest BCUT2D eigenvalue weighted by Crippen LogP contribution is 2.19. The lowest BCUT2D eigenvalue weighted by Crippen LogP contribution is -2.48. The van der Waals surface area contributed by atoms with Crippen LogP contribution >= 0.6 is 0 Å². The molecule has 2 aliphatic rings. The first-order chi connectivity index (χ1) is 10.8. The molecular weight excluding hydrogens is 282 g/mol. The van der Waals surface area contributed by atoms with Crippen molar-refractivity contribution in [3.8, 4) is 0 Å². The van der Waals surface area contributed by atoms with Gasteiger partial charge in [-0.15, -0.1) is 10.2 Å². The maximum absolute atomic E-state index is 12.4. The summed E-state index contributed by atoms with van der Waals surface area (Å²) in [6.45, 7) is 2.28. The van der Waals surface area contributed by atoms with Gasteiger partial charge in [-0.25, -0.2) is 4.79 Å². The number of nitrogens with zero attached hydrogens (tertiary/aromatic N) is 4. The van der Waals surface area contributed by atoms with Crippen LogP contribution in [0.5, 0.6) is 0 Å². The number of carbonyl (C=O) groups excluding carboxylic acids is 1. The average Bonchev–Trinajstić information content (AvgIpc) is 2.97. The minimum atomic E-state index is -0.0497. The van der Waals surface area contributed by atoms with Gasteiger partial charge in [-0.05, 0) is 38.5 Å². The number of hydrogen-bond donors (Lipinski definition) is 2. The third-order valence-corrected chi connectivity index (χ3v) is 4.68. The summed E-state index contributed by atoms with van der Waals surface area (Å²) in [5.41, 5.74) is 0. The van der Waals surface area contributed by atoms with Crippen molar-refractivity contribution in [1.29, 1.82) is 0 Å². The lowest BCUT2D eigenvalue weighted by Gasteiger charge is -2.35. The smallest absolute Gasteiger partial charge is 0.318 e. The van der Waals surface area contributed by atoms with Crippen LogP contribution in [0.1, 0.15) is 50.2 Å². The average molecular weight is 307 g/mol. The molecule has 0 spiro atoms. The number of rotatable bonds is 4. The van der Waals surface area contributed by atoms with E-state index in [0.29, 0.717) is 13.0 Å². The van der Waals surface area contributed by atoms with E-state index in [4.69, 9.17) is 5.11 Å². The minimum absolute atomic E-state index is 0.0497.